The predicted octanol–water partition coefficient (Wildman–Crippen LogP) is 3.76. The molecule has 1 aliphatic rings. The monoisotopic (exact) mass is 406 g/mol. The second-order valence-corrected chi connectivity index (χ2v) is 8.83. The van der Waals surface area contributed by atoms with E-state index in [9.17, 15) is 13.2 Å². The number of hydrogen-bond acceptors (Lipinski definition) is 3. The van der Waals surface area contributed by atoms with E-state index in [4.69, 9.17) is 11.6 Å². The van der Waals surface area contributed by atoms with E-state index in [1.165, 1.54) is 12.1 Å². The van der Waals surface area contributed by atoms with Gasteiger partial charge in [-0.05, 0) is 49.1 Å². The summed E-state index contributed by atoms with van der Waals surface area (Å²) in [5.74, 6) is -0.0367. The Hall–Kier alpha value is -1.89. The van der Waals surface area contributed by atoms with Crippen molar-refractivity contribution >= 4 is 27.5 Å². The van der Waals surface area contributed by atoms with Gasteiger partial charge in [-0.3, -0.25) is 4.79 Å². The van der Waals surface area contributed by atoms with Gasteiger partial charge in [0.25, 0.3) is 0 Å². The number of carbonyl (C=O) groups excluding carboxylic acids is 1. The van der Waals surface area contributed by atoms with Crippen molar-refractivity contribution in [2.24, 2.45) is 0 Å². The van der Waals surface area contributed by atoms with Crippen LogP contribution < -0.4 is 4.72 Å². The minimum atomic E-state index is -3.75. The van der Waals surface area contributed by atoms with Gasteiger partial charge in [0.05, 0.1) is 10.9 Å². The Labute approximate surface area is 165 Å². The van der Waals surface area contributed by atoms with Gasteiger partial charge in [-0.25, -0.2) is 13.1 Å². The van der Waals surface area contributed by atoms with Crippen LogP contribution in [0.5, 0.6) is 0 Å². The van der Waals surface area contributed by atoms with Crippen molar-refractivity contribution in [2.45, 2.75) is 36.6 Å². The van der Waals surface area contributed by atoms with Crippen LogP contribution in [0.25, 0.3) is 0 Å². The SMILES string of the molecule is O=C(C[C@@H](NS(=O)(=O)c1ccccc1)c1ccc(Cl)cc1)N1CCCCC1. The molecule has 2 aromatic rings. The number of sulfonamides is 1. The second kappa shape index (κ2) is 8.87. The van der Waals surface area contributed by atoms with Crippen molar-refractivity contribution in [1.82, 2.24) is 9.62 Å². The summed E-state index contributed by atoms with van der Waals surface area (Å²) in [4.78, 5) is 14.7. The number of nitrogens with one attached hydrogen (secondary N) is 1. The number of amides is 1. The van der Waals surface area contributed by atoms with Crippen LogP contribution in [0.1, 0.15) is 37.3 Å². The number of piperidine rings is 1. The fourth-order valence-corrected chi connectivity index (χ4v) is 4.60. The summed E-state index contributed by atoms with van der Waals surface area (Å²) >= 11 is 5.96. The third-order valence-corrected chi connectivity index (χ3v) is 6.45. The summed E-state index contributed by atoms with van der Waals surface area (Å²) in [7, 11) is -3.75. The number of hydrogen-bond donors (Lipinski definition) is 1. The highest BCUT2D eigenvalue weighted by Gasteiger charge is 2.26. The van der Waals surface area contributed by atoms with Crippen LogP contribution in [0.4, 0.5) is 0 Å². The maximum absolute atomic E-state index is 12.8. The Balaban J connectivity index is 1.83. The average Bonchev–Trinajstić information content (AvgIpc) is 2.69. The van der Waals surface area contributed by atoms with Crippen LogP contribution in [0.2, 0.25) is 5.02 Å². The quantitative estimate of drug-likeness (QED) is 0.794. The average molecular weight is 407 g/mol. The first kappa shape index (κ1) is 19.9. The largest absolute Gasteiger partial charge is 0.343 e. The van der Waals surface area contributed by atoms with Gasteiger partial charge in [0.1, 0.15) is 0 Å². The number of nitrogens with zero attached hydrogens (tertiary/aromatic N) is 1. The molecule has 3 rings (SSSR count). The van der Waals surface area contributed by atoms with E-state index in [2.05, 4.69) is 4.72 Å². The van der Waals surface area contributed by atoms with E-state index in [-0.39, 0.29) is 17.2 Å². The van der Waals surface area contributed by atoms with Gasteiger partial charge in [0.15, 0.2) is 0 Å². The Morgan fingerprint density at radius 2 is 1.63 bits per heavy atom. The van der Waals surface area contributed by atoms with Crippen LogP contribution >= 0.6 is 11.6 Å². The van der Waals surface area contributed by atoms with Crippen LogP contribution in [-0.2, 0) is 14.8 Å². The fraction of sp³-hybridized carbons (Fsp3) is 0.350. The van der Waals surface area contributed by atoms with Crippen molar-refractivity contribution in [3.8, 4) is 0 Å². The molecular weight excluding hydrogens is 384 g/mol. The smallest absolute Gasteiger partial charge is 0.241 e. The van der Waals surface area contributed by atoms with Gasteiger partial charge in [0.2, 0.25) is 15.9 Å². The van der Waals surface area contributed by atoms with Crippen molar-refractivity contribution in [3.05, 3.63) is 65.2 Å². The van der Waals surface area contributed by atoms with E-state index in [0.717, 1.165) is 32.4 Å². The van der Waals surface area contributed by atoms with E-state index >= 15 is 0 Å². The topological polar surface area (TPSA) is 66.5 Å². The summed E-state index contributed by atoms with van der Waals surface area (Å²) in [5, 5.41) is 0.561. The normalized spacial score (nSPS) is 16.1. The highest BCUT2D eigenvalue weighted by molar-refractivity contribution is 7.89. The van der Waals surface area contributed by atoms with Crippen molar-refractivity contribution in [2.75, 3.05) is 13.1 Å². The number of rotatable bonds is 6. The van der Waals surface area contributed by atoms with Crippen LogP contribution in [0.15, 0.2) is 59.5 Å². The molecular formula is C20H23ClN2O3S. The van der Waals surface area contributed by atoms with Gasteiger partial charge >= 0.3 is 0 Å². The highest BCUT2D eigenvalue weighted by Crippen LogP contribution is 2.24. The molecule has 1 aliphatic heterocycles. The molecule has 144 valence electrons. The lowest BCUT2D eigenvalue weighted by atomic mass is 10.0. The molecule has 1 saturated heterocycles. The second-order valence-electron chi connectivity index (χ2n) is 6.68. The Morgan fingerprint density at radius 3 is 2.26 bits per heavy atom. The minimum Gasteiger partial charge on any atom is -0.343 e. The molecule has 0 aliphatic carbocycles. The molecule has 0 unspecified atom stereocenters. The van der Waals surface area contributed by atoms with Crippen LogP contribution in [0.3, 0.4) is 0 Å². The van der Waals surface area contributed by atoms with Gasteiger partial charge < -0.3 is 4.90 Å². The predicted molar refractivity (Wildman–Crippen MR) is 106 cm³/mol. The fourth-order valence-electron chi connectivity index (χ4n) is 3.22. The molecule has 1 heterocycles. The third kappa shape index (κ3) is 5.31. The highest BCUT2D eigenvalue weighted by atomic mass is 35.5. The zero-order valence-electron chi connectivity index (χ0n) is 15.0. The van der Waals surface area contributed by atoms with Gasteiger partial charge in [-0.15, -0.1) is 0 Å². The Kier molecular flexibility index (Phi) is 6.52. The first-order valence-corrected chi connectivity index (χ1v) is 10.9. The van der Waals surface area contributed by atoms with E-state index in [1.807, 2.05) is 4.90 Å². The maximum Gasteiger partial charge on any atom is 0.241 e. The molecule has 0 spiro atoms. The molecule has 0 radical (unpaired) electrons. The standard InChI is InChI=1S/C20H23ClN2O3S/c21-17-11-9-16(10-12-17)19(15-20(24)23-13-5-2-6-14-23)22-27(25,26)18-7-3-1-4-8-18/h1,3-4,7-12,19,22H,2,5-6,13-15H2/t19-/m1/s1. The summed E-state index contributed by atoms with van der Waals surface area (Å²) in [6.07, 6.45) is 3.19. The number of benzene rings is 2. The van der Waals surface area contributed by atoms with Crippen LogP contribution in [-0.4, -0.2) is 32.3 Å². The summed E-state index contributed by atoms with van der Waals surface area (Å²) in [5.41, 5.74) is 0.712. The molecule has 7 heteroatoms. The molecule has 0 saturated carbocycles. The first-order valence-electron chi connectivity index (χ1n) is 9.06. The molecule has 1 fully saturated rings. The third-order valence-electron chi connectivity index (χ3n) is 4.71. The number of likely N-dealkylation sites (tertiary alicyclic amines) is 1. The Bertz CT molecular complexity index is 864. The zero-order valence-corrected chi connectivity index (χ0v) is 16.5. The van der Waals surface area contributed by atoms with Crippen molar-refractivity contribution in [3.63, 3.8) is 0 Å². The van der Waals surface area contributed by atoms with E-state index in [1.54, 1.807) is 42.5 Å². The number of carbonyl (C=O) groups is 1. The molecule has 0 bridgehead atoms. The lowest BCUT2D eigenvalue weighted by Gasteiger charge is -2.29. The molecule has 0 aromatic heterocycles. The molecule has 1 amide bonds. The van der Waals surface area contributed by atoms with E-state index < -0.39 is 16.1 Å². The van der Waals surface area contributed by atoms with Crippen LogP contribution in [0, 0.1) is 0 Å². The van der Waals surface area contributed by atoms with Gasteiger partial charge in [-0.1, -0.05) is 41.9 Å². The molecule has 2 aromatic carbocycles. The number of halogens is 1. The summed E-state index contributed by atoms with van der Waals surface area (Å²) in [6, 6.07) is 14.4. The summed E-state index contributed by atoms with van der Waals surface area (Å²) < 4.78 is 28.3. The molecule has 1 N–H and O–H groups in total. The Morgan fingerprint density at radius 1 is 1.00 bits per heavy atom. The lowest BCUT2D eigenvalue weighted by Crippen LogP contribution is -2.39. The van der Waals surface area contributed by atoms with Gasteiger partial charge in [-0.2, -0.15) is 0 Å². The maximum atomic E-state index is 12.8. The van der Waals surface area contributed by atoms with Gasteiger partial charge in [0, 0.05) is 24.5 Å². The van der Waals surface area contributed by atoms with E-state index in [0.29, 0.717) is 10.6 Å². The first-order chi connectivity index (χ1) is 13.0. The molecule has 27 heavy (non-hydrogen) atoms. The lowest BCUT2D eigenvalue weighted by molar-refractivity contribution is -0.132. The minimum absolute atomic E-state index is 0.0367. The zero-order chi connectivity index (χ0) is 19.3. The molecule has 5 nitrogen and oxygen atoms in total. The summed E-state index contributed by atoms with van der Waals surface area (Å²) in [6.45, 7) is 1.47. The van der Waals surface area contributed by atoms with Crippen molar-refractivity contribution in [1.29, 1.82) is 0 Å². The molecule has 1 atom stereocenters. The van der Waals surface area contributed by atoms with Crippen molar-refractivity contribution < 1.29 is 13.2 Å².